The minimum Gasteiger partial charge on any atom is -0.310 e. The zero-order valence-corrected chi connectivity index (χ0v) is 29.7. The van der Waals surface area contributed by atoms with Crippen molar-refractivity contribution in [1.82, 2.24) is 4.57 Å². The van der Waals surface area contributed by atoms with Crippen molar-refractivity contribution >= 4 is 49.6 Å². The molecule has 10 aromatic rings. The first kappa shape index (κ1) is 31.6. The van der Waals surface area contributed by atoms with Crippen LogP contribution >= 0.6 is 0 Å². The van der Waals surface area contributed by atoms with Crippen molar-refractivity contribution in [2.75, 3.05) is 4.90 Å². The van der Waals surface area contributed by atoms with Gasteiger partial charge in [0, 0.05) is 33.3 Å². The Labute approximate surface area is 315 Å². The van der Waals surface area contributed by atoms with E-state index >= 15 is 0 Å². The summed E-state index contributed by atoms with van der Waals surface area (Å²) in [4.78, 5) is 2.43. The molecule has 54 heavy (non-hydrogen) atoms. The molecule has 0 aliphatic carbocycles. The molecule has 1 aromatic heterocycles. The molecule has 0 N–H and O–H groups in total. The maximum atomic E-state index is 2.45. The molecule has 2 heteroatoms. The largest absolute Gasteiger partial charge is 0.310 e. The number of aromatic nitrogens is 1. The van der Waals surface area contributed by atoms with Gasteiger partial charge in [-0.25, -0.2) is 0 Å². The van der Waals surface area contributed by atoms with Gasteiger partial charge >= 0.3 is 0 Å². The van der Waals surface area contributed by atoms with Gasteiger partial charge in [0.25, 0.3) is 0 Å². The normalized spacial score (nSPS) is 11.3. The van der Waals surface area contributed by atoms with Gasteiger partial charge < -0.3 is 9.47 Å². The molecule has 9 aromatic carbocycles. The fourth-order valence-corrected chi connectivity index (χ4v) is 8.02. The number of nitrogens with zero attached hydrogens (tertiary/aromatic N) is 2. The summed E-state index contributed by atoms with van der Waals surface area (Å²) in [6, 6.07) is 79.0. The highest BCUT2D eigenvalue weighted by Crippen LogP contribution is 2.45. The zero-order valence-electron chi connectivity index (χ0n) is 29.7. The number of rotatable bonds is 7. The lowest BCUT2D eigenvalue weighted by Gasteiger charge is -2.29. The van der Waals surface area contributed by atoms with E-state index in [1.165, 1.54) is 60.4 Å². The van der Waals surface area contributed by atoms with Gasteiger partial charge in [0.15, 0.2) is 0 Å². The van der Waals surface area contributed by atoms with Crippen molar-refractivity contribution < 1.29 is 0 Å². The third-order valence-corrected chi connectivity index (χ3v) is 10.6. The van der Waals surface area contributed by atoms with E-state index in [9.17, 15) is 0 Å². The van der Waals surface area contributed by atoms with E-state index in [4.69, 9.17) is 0 Å². The highest BCUT2D eigenvalue weighted by Gasteiger charge is 2.22. The van der Waals surface area contributed by atoms with Gasteiger partial charge in [0.2, 0.25) is 0 Å². The molecule has 0 aliphatic heterocycles. The fraction of sp³-hybridized carbons (Fsp3) is 0. The summed E-state index contributed by atoms with van der Waals surface area (Å²) in [6.45, 7) is 0. The second-order valence-electron chi connectivity index (χ2n) is 13.8. The lowest BCUT2D eigenvalue weighted by Crippen LogP contribution is -2.11. The number of para-hydroxylation sites is 3. The predicted octanol–water partition coefficient (Wildman–Crippen LogP) is 14.4. The van der Waals surface area contributed by atoms with E-state index in [0.29, 0.717) is 0 Å². The van der Waals surface area contributed by atoms with Crippen LogP contribution in [0, 0.1) is 0 Å². The summed E-state index contributed by atoms with van der Waals surface area (Å²) >= 11 is 0. The SMILES string of the molecule is c1ccc(-c2ccc(-c3ccc4ccccc4c3)c(N(c3ccccc3)c3ccc4c5ccccc5n(-c5ccccc5-c5ccccc5)c4c3)c2)cc1. The van der Waals surface area contributed by atoms with Crippen LogP contribution in [0.15, 0.2) is 218 Å². The van der Waals surface area contributed by atoms with Crippen molar-refractivity contribution in [2.24, 2.45) is 0 Å². The second-order valence-corrected chi connectivity index (χ2v) is 13.8. The van der Waals surface area contributed by atoms with Crippen molar-refractivity contribution in [3.8, 4) is 39.1 Å². The van der Waals surface area contributed by atoms with Crippen LogP contribution in [-0.4, -0.2) is 4.57 Å². The smallest absolute Gasteiger partial charge is 0.0562 e. The molecule has 0 atom stereocenters. The standard InChI is InChI=1S/C52H36N2/c1-4-16-37(17-5-1)41-30-32-46(42-29-28-38-18-10-11-21-40(38)34-42)51(35-41)53(43-22-8-3-9-23-43)44-31-33-48-47-25-13-15-27-50(47)54(52(48)36-44)49-26-14-12-24-45(49)39-19-6-2-7-20-39/h1-36H. The summed E-state index contributed by atoms with van der Waals surface area (Å²) in [5, 5.41) is 4.91. The molecular weight excluding hydrogens is 653 g/mol. The lowest BCUT2D eigenvalue weighted by molar-refractivity contribution is 1.18. The number of anilines is 3. The molecule has 0 unspecified atom stereocenters. The first-order chi connectivity index (χ1) is 26.8. The molecular formula is C52H36N2. The van der Waals surface area contributed by atoms with Crippen LogP contribution in [0.5, 0.6) is 0 Å². The van der Waals surface area contributed by atoms with Crippen LogP contribution in [0.2, 0.25) is 0 Å². The predicted molar refractivity (Wildman–Crippen MR) is 229 cm³/mol. The van der Waals surface area contributed by atoms with Crippen LogP contribution in [0.3, 0.4) is 0 Å². The van der Waals surface area contributed by atoms with Crippen LogP contribution in [0.25, 0.3) is 71.6 Å². The molecule has 2 nitrogen and oxygen atoms in total. The third kappa shape index (κ3) is 5.53. The van der Waals surface area contributed by atoms with Crippen LogP contribution in [0.1, 0.15) is 0 Å². The summed E-state index contributed by atoms with van der Waals surface area (Å²) in [5.74, 6) is 0. The third-order valence-electron chi connectivity index (χ3n) is 10.6. The highest BCUT2D eigenvalue weighted by molar-refractivity contribution is 6.11. The molecule has 0 radical (unpaired) electrons. The van der Waals surface area contributed by atoms with Gasteiger partial charge in [-0.05, 0) is 81.6 Å². The minimum absolute atomic E-state index is 1.09. The molecule has 0 spiro atoms. The Morgan fingerprint density at radius 2 is 0.944 bits per heavy atom. The van der Waals surface area contributed by atoms with Crippen molar-refractivity contribution in [1.29, 1.82) is 0 Å². The summed E-state index contributed by atoms with van der Waals surface area (Å²) in [5.41, 5.74) is 13.9. The summed E-state index contributed by atoms with van der Waals surface area (Å²) in [6.07, 6.45) is 0. The van der Waals surface area contributed by atoms with Gasteiger partial charge in [-0.2, -0.15) is 0 Å². The minimum atomic E-state index is 1.09. The monoisotopic (exact) mass is 688 g/mol. The van der Waals surface area contributed by atoms with Gasteiger partial charge in [0.05, 0.1) is 22.4 Å². The molecule has 10 rings (SSSR count). The van der Waals surface area contributed by atoms with E-state index in [1.807, 2.05) is 0 Å². The molecule has 0 saturated carbocycles. The van der Waals surface area contributed by atoms with E-state index in [0.717, 1.165) is 28.3 Å². The Morgan fingerprint density at radius 1 is 0.315 bits per heavy atom. The van der Waals surface area contributed by atoms with Gasteiger partial charge in [-0.15, -0.1) is 0 Å². The maximum absolute atomic E-state index is 2.45. The topological polar surface area (TPSA) is 8.17 Å². The first-order valence-corrected chi connectivity index (χ1v) is 18.5. The Bertz CT molecular complexity index is 2930. The quantitative estimate of drug-likeness (QED) is 0.162. The van der Waals surface area contributed by atoms with Crippen LogP contribution < -0.4 is 4.90 Å². The first-order valence-electron chi connectivity index (χ1n) is 18.5. The Morgan fingerprint density at radius 3 is 1.76 bits per heavy atom. The number of hydrogen-bond acceptors (Lipinski definition) is 1. The van der Waals surface area contributed by atoms with E-state index in [-0.39, 0.29) is 0 Å². The summed E-state index contributed by atoms with van der Waals surface area (Å²) < 4.78 is 2.45. The molecule has 0 bridgehead atoms. The van der Waals surface area contributed by atoms with Crippen molar-refractivity contribution in [2.45, 2.75) is 0 Å². The summed E-state index contributed by atoms with van der Waals surface area (Å²) in [7, 11) is 0. The molecule has 254 valence electrons. The fourth-order valence-electron chi connectivity index (χ4n) is 8.02. The van der Waals surface area contributed by atoms with Gasteiger partial charge in [-0.1, -0.05) is 170 Å². The number of fused-ring (bicyclic) bond motifs is 4. The molecule has 0 aliphatic rings. The zero-order chi connectivity index (χ0) is 35.8. The van der Waals surface area contributed by atoms with Gasteiger partial charge in [0.1, 0.15) is 0 Å². The van der Waals surface area contributed by atoms with Crippen LogP contribution in [0.4, 0.5) is 17.1 Å². The van der Waals surface area contributed by atoms with Crippen LogP contribution in [-0.2, 0) is 0 Å². The Balaban J connectivity index is 1.25. The molecule has 1 heterocycles. The highest BCUT2D eigenvalue weighted by atomic mass is 15.1. The Hall–Kier alpha value is -7.16. The maximum Gasteiger partial charge on any atom is 0.0562 e. The molecule has 0 amide bonds. The van der Waals surface area contributed by atoms with Crippen molar-refractivity contribution in [3.63, 3.8) is 0 Å². The lowest BCUT2D eigenvalue weighted by atomic mass is 9.95. The van der Waals surface area contributed by atoms with Crippen molar-refractivity contribution in [3.05, 3.63) is 218 Å². The second kappa shape index (κ2) is 13.4. The average Bonchev–Trinajstić information content (AvgIpc) is 3.58. The van der Waals surface area contributed by atoms with Gasteiger partial charge in [-0.3, -0.25) is 0 Å². The molecule has 0 saturated heterocycles. The molecule has 0 fully saturated rings. The average molecular weight is 689 g/mol. The van der Waals surface area contributed by atoms with E-state index in [2.05, 4.69) is 228 Å². The van der Waals surface area contributed by atoms with E-state index in [1.54, 1.807) is 0 Å². The number of benzene rings is 9. The number of hydrogen-bond donors (Lipinski definition) is 0. The Kier molecular flexibility index (Phi) is 7.85. The van der Waals surface area contributed by atoms with E-state index < -0.39 is 0 Å².